The Morgan fingerprint density at radius 3 is 2.08 bits per heavy atom. The van der Waals surface area contributed by atoms with Gasteiger partial charge in [0, 0.05) is 35.3 Å². The van der Waals surface area contributed by atoms with Gasteiger partial charge in [-0.3, -0.25) is 4.79 Å². The molecule has 0 aliphatic rings. The highest BCUT2D eigenvalue weighted by Gasteiger charge is 2.12. The van der Waals surface area contributed by atoms with Crippen molar-refractivity contribution < 1.29 is 28.6 Å². The fourth-order valence-electron chi connectivity index (χ4n) is 3.09. The maximum Gasteiger partial charge on any atom is 0.343 e. The molecule has 0 saturated carbocycles. The van der Waals surface area contributed by atoms with E-state index in [0.29, 0.717) is 23.3 Å². The molecule has 3 aromatic rings. The van der Waals surface area contributed by atoms with E-state index in [2.05, 4.69) is 25.0 Å². The molecule has 0 aromatic heterocycles. The molecule has 0 aliphatic heterocycles. The van der Waals surface area contributed by atoms with Gasteiger partial charge >= 0.3 is 11.9 Å². The van der Waals surface area contributed by atoms with Crippen molar-refractivity contribution >= 4 is 17.7 Å². The number of esters is 2. The first-order valence-corrected chi connectivity index (χ1v) is 11.0. The molecule has 3 aromatic carbocycles. The van der Waals surface area contributed by atoms with Crippen molar-refractivity contribution in [2.45, 2.75) is 13.0 Å². The van der Waals surface area contributed by atoms with Gasteiger partial charge in [0.15, 0.2) is 5.78 Å². The van der Waals surface area contributed by atoms with Crippen molar-refractivity contribution in [1.29, 1.82) is 0 Å². The molecule has 0 saturated heterocycles. The summed E-state index contributed by atoms with van der Waals surface area (Å²) >= 11 is 0. The number of hydrogen-bond donors (Lipinski definition) is 0. The van der Waals surface area contributed by atoms with E-state index >= 15 is 0 Å². The van der Waals surface area contributed by atoms with Crippen LogP contribution in [0.5, 0.6) is 11.5 Å². The van der Waals surface area contributed by atoms with Crippen molar-refractivity contribution in [3.8, 4) is 23.3 Å². The lowest BCUT2D eigenvalue weighted by molar-refractivity contribution is -0.139. The minimum absolute atomic E-state index is 0.00385. The molecule has 6 heteroatoms. The first-order chi connectivity index (χ1) is 17.4. The van der Waals surface area contributed by atoms with Crippen LogP contribution >= 0.6 is 0 Å². The second-order valence-electron chi connectivity index (χ2n) is 7.55. The Bertz CT molecular complexity index is 1340. The lowest BCUT2D eigenvalue weighted by Gasteiger charge is -2.11. The van der Waals surface area contributed by atoms with E-state index in [1.54, 1.807) is 42.5 Å². The van der Waals surface area contributed by atoms with Crippen LogP contribution in [0.2, 0.25) is 0 Å². The standard InChI is InChI=1S/C30H24O6/c1-4-26(31)18-23-10-8-21(9-11-23)6-7-22-12-14-24(15-13-22)30(33)36-27-17-16-25(28(19-27)34-3)20-35-29(32)5-2/h4-5,8-17,19H,1-2,18,20H2,3H3. The number of ketones is 1. The van der Waals surface area contributed by atoms with Gasteiger partial charge in [-0.15, -0.1) is 0 Å². The number of hydrogen-bond acceptors (Lipinski definition) is 6. The quantitative estimate of drug-likeness (QED) is 0.189. The maximum atomic E-state index is 12.6. The number of carbonyl (C=O) groups excluding carboxylic acids is 3. The molecule has 0 radical (unpaired) electrons. The minimum Gasteiger partial charge on any atom is -0.496 e. The average molecular weight is 481 g/mol. The summed E-state index contributed by atoms with van der Waals surface area (Å²) < 4.78 is 15.8. The normalized spacial score (nSPS) is 9.81. The summed E-state index contributed by atoms with van der Waals surface area (Å²) in [6.45, 7) is 6.83. The summed E-state index contributed by atoms with van der Waals surface area (Å²) in [6.07, 6.45) is 2.70. The minimum atomic E-state index is -0.546. The fraction of sp³-hybridized carbons (Fsp3) is 0.100. The molecular formula is C30H24O6. The van der Waals surface area contributed by atoms with Crippen LogP contribution in [-0.2, 0) is 27.4 Å². The third kappa shape index (κ3) is 7.31. The summed E-state index contributed by atoms with van der Waals surface area (Å²) in [6, 6.07) is 19.0. The maximum absolute atomic E-state index is 12.6. The van der Waals surface area contributed by atoms with E-state index in [0.717, 1.165) is 22.8 Å². The van der Waals surface area contributed by atoms with Crippen LogP contribution in [0.3, 0.4) is 0 Å². The van der Waals surface area contributed by atoms with Gasteiger partial charge in [0.2, 0.25) is 0 Å². The summed E-state index contributed by atoms with van der Waals surface area (Å²) in [4.78, 5) is 35.3. The van der Waals surface area contributed by atoms with Gasteiger partial charge in [-0.2, -0.15) is 0 Å². The zero-order valence-electron chi connectivity index (χ0n) is 19.8. The summed E-state index contributed by atoms with van der Waals surface area (Å²) in [7, 11) is 1.47. The van der Waals surface area contributed by atoms with Gasteiger partial charge in [0.25, 0.3) is 0 Å². The molecule has 3 rings (SSSR count). The highest BCUT2D eigenvalue weighted by Crippen LogP contribution is 2.26. The van der Waals surface area contributed by atoms with Crippen LogP contribution in [-0.4, -0.2) is 24.8 Å². The van der Waals surface area contributed by atoms with Crippen LogP contribution in [0.15, 0.2) is 92.0 Å². The predicted molar refractivity (Wildman–Crippen MR) is 136 cm³/mol. The molecule has 0 unspecified atom stereocenters. The first-order valence-electron chi connectivity index (χ1n) is 11.0. The fourth-order valence-corrected chi connectivity index (χ4v) is 3.09. The Morgan fingerprint density at radius 2 is 1.50 bits per heavy atom. The highest BCUT2D eigenvalue weighted by atomic mass is 16.5. The second-order valence-corrected chi connectivity index (χ2v) is 7.55. The Morgan fingerprint density at radius 1 is 0.861 bits per heavy atom. The number of benzene rings is 3. The monoisotopic (exact) mass is 480 g/mol. The molecule has 0 atom stereocenters. The molecule has 0 N–H and O–H groups in total. The van der Waals surface area contributed by atoms with Gasteiger partial charge < -0.3 is 14.2 Å². The van der Waals surface area contributed by atoms with Gasteiger partial charge in [0.1, 0.15) is 18.1 Å². The molecule has 0 amide bonds. The average Bonchev–Trinajstić information content (AvgIpc) is 2.91. The number of rotatable bonds is 9. The predicted octanol–water partition coefficient (Wildman–Crippen LogP) is 4.84. The zero-order valence-corrected chi connectivity index (χ0v) is 19.8. The smallest absolute Gasteiger partial charge is 0.343 e. The van der Waals surface area contributed by atoms with Crippen molar-refractivity contribution in [3.05, 3.63) is 120 Å². The number of methoxy groups -OCH3 is 1. The van der Waals surface area contributed by atoms with Crippen molar-refractivity contribution in [2.24, 2.45) is 0 Å². The van der Waals surface area contributed by atoms with E-state index in [1.807, 2.05) is 24.3 Å². The summed E-state index contributed by atoms with van der Waals surface area (Å²) in [5, 5.41) is 0. The Kier molecular flexibility index (Phi) is 8.96. The van der Waals surface area contributed by atoms with Crippen molar-refractivity contribution in [3.63, 3.8) is 0 Å². The van der Waals surface area contributed by atoms with Crippen molar-refractivity contribution in [1.82, 2.24) is 0 Å². The lowest BCUT2D eigenvalue weighted by atomic mass is 10.1. The van der Waals surface area contributed by atoms with Crippen molar-refractivity contribution in [2.75, 3.05) is 7.11 Å². The van der Waals surface area contributed by atoms with Crippen LogP contribution in [0.1, 0.15) is 32.6 Å². The Balaban J connectivity index is 1.62. The Hall–Kier alpha value is -4.89. The SMILES string of the molecule is C=CC(=O)Cc1ccc(C#Cc2ccc(C(=O)Oc3ccc(COC(=O)C=C)c(OC)c3)cc2)cc1. The van der Waals surface area contributed by atoms with E-state index in [1.165, 1.54) is 13.2 Å². The van der Waals surface area contributed by atoms with Gasteiger partial charge in [-0.05, 0) is 60.2 Å². The third-order valence-corrected chi connectivity index (χ3v) is 5.04. The van der Waals surface area contributed by atoms with E-state index < -0.39 is 11.9 Å². The van der Waals surface area contributed by atoms with Crippen LogP contribution in [0.25, 0.3) is 0 Å². The highest BCUT2D eigenvalue weighted by molar-refractivity contribution is 5.91. The number of allylic oxidation sites excluding steroid dienone is 1. The van der Waals surface area contributed by atoms with Gasteiger partial charge in [-0.25, -0.2) is 9.59 Å². The molecular weight excluding hydrogens is 456 g/mol. The Labute approximate surface area is 209 Å². The number of carbonyl (C=O) groups is 3. The topological polar surface area (TPSA) is 78.9 Å². The number of ether oxygens (including phenoxy) is 3. The molecule has 0 fully saturated rings. The molecule has 180 valence electrons. The van der Waals surface area contributed by atoms with Gasteiger partial charge in [0.05, 0.1) is 12.7 Å². The second kappa shape index (κ2) is 12.5. The van der Waals surface area contributed by atoms with Crippen LogP contribution in [0, 0.1) is 11.8 Å². The molecule has 36 heavy (non-hydrogen) atoms. The largest absolute Gasteiger partial charge is 0.496 e. The molecule has 0 heterocycles. The van der Waals surface area contributed by atoms with E-state index in [9.17, 15) is 14.4 Å². The molecule has 0 aliphatic carbocycles. The van der Waals surface area contributed by atoms with Gasteiger partial charge in [-0.1, -0.05) is 37.1 Å². The van der Waals surface area contributed by atoms with Crippen LogP contribution < -0.4 is 9.47 Å². The molecule has 6 nitrogen and oxygen atoms in total. The lowest BCUT2D eigenvalue weighted by Crippen LogP contribution is -2.09. The molecule has 0 bridgehead atoms. The third-order valence-electron chi connectivity index (χ3n) is 5.04. The van der Waals surface area contributed by atoms with Crippen LogP contribution in [0.4, 0.5) is 0 Å². The summed E-state index contributed by atoms with van der Waals surface area (Å²) in [5.41, 5.74) is 3.43. The summed E-state index contributed by atoms with van der Waals surface area (Å²) in [5.74, 6) is 5.71. The molecule has 0 spiro atoms. The first kappa shape index (κ1) is 25.7. The van der Waals surface area contributed by atoms with E-state index in [4.69, 9.17) is 14.2 Å². The zero-order chi connectivity index (χ0) is 25.9. The van der Waals surface area contributed by atoms with E-state index in [-0.39, 0.29) is 18.1 Å².